The zero-order valence-electron chi connectivity index (χ0n) is 7.05. The van der Waals surface area contributed by atoms with Crippen LogP contribution in [0.25, 0.3) is 0 Å². The van der Waals surface area contributed by atoms with Gasteiger partial charge < -0.3 is 9.73 Å². The molecule has 0 aliphatic carbocycles. The second-order valence-electron chi connectivity index (χ2n) is 2.37. The average molecular weight is 169 g/mol. The maximum atomic E-state index is 10.9. The quantitative estimate of drug-likeness (QED) is 0.675. The van der Waals surface area contributed by atoms with Crippen LogP contribution in [0, 0.1) is 6.92 Å². The van der Waals surface area contributed by atoms with Crippen molar-refractivity contribution < 1.29 is 9.21 Å². The van der Waals surface area contributed by atoms with E-state index >= 15 is 0 Å². The normalized spacial score (nSPS) is 9.83. The highest BCUT2D eigenvalue weighted by atomic mass is 16.4. The molecule has 0 aliphatic heterocycles. The van der Waals surface area contributed by atoms with Gasteiger partial charge in [0.05, 0.1) is 12.2 Å². The van der Waals surface area contributed by atoms with E-state index in [-0.39, 0.29) is 18.5 Å². The van der Waals surface area contributed by atoms with E-state index in [0.29, 0.717) is 0 Å². The number of anilines is 1. The molecule has 0 fully saturated rings. The van der Waals surface area contributed by atoms with Crippen molar-refractivity contribution in [1.82, 2.24) is 10.3 Å². The minimum atomic E-state index is -0.167. The summed E-state index contributed by atoms with van der Waals surface area (Å²) in [6.07, 6.45) is 1.48. The number of hydrogen-bond donors (Lipinski definition) is 2. The molecule has 2 N–H and O–H groups in total. The van der Waals surface area contributed by atoms with Crippen LogP contribution in [-0.2, 0) is 4.79 Å². The number of carbonyl (C=O) groups excluding carboxylic acids is 1. The smallest absolute Gasteiger partial charge is 0.301 e. The molecule has 0 atom stereocenters. The number of rotatable bonds is 3. The lowest BCUT2D eigenvalue weighted by atomic mass is 10.6. The molecule has 0 bridgehead atoms. The summed E-state index contributed by atoms with van der Waals surface area (Å²) >= 11 is 0. The predicted octanol–water partition coefficient (Wildman–Crippen LogP) is 0.141. The molecule has 0 saturated heterocycles. The number of oxazole rings is 1. The summed E-state index contributed by atoms with van der Waals surface area (Å²) in [7, 11) is 1.69. The maximum Gasteiger partial charge on any atom is 0.301 e. The number of nitrogens with zero attached hydrogens (tertiary/aromatic N) is 1. The van der Waals surface area contributed by atoms with E-state index in [1.54, 1.807) is 14.0 Å². The van der Waals surface area contributed by atoms with Crippen LogP contribution in [0.3, 0.4) is 0 Å². The molecule has 0 saturated carbocycles. The highest BCUT2D eigenvalue weighted by molar-refractivity contribution is 5.90. The lowest BCUT2D eigenvalue weighted by Gasteiger charge is -1.97. The van der Waals surface area contributed by atoms with Crippen molar-refractivity contribution in [2.45, 2.75) is 6.92 Å². The van der Waals surface area contributed by atoms with E-state index in [2.05, 4.69) is 15.6 Å². The second-order valence-corrected chi connectivity index (χ2v) is 2.37. The molecule has 1 rings (SSSR count). The van der Waals surface area contributed by atoms with Gasteiger partial charge in [-0.15, -0.1) is 0 Å². The molecule has 1 heterocycles. The first-order valence-corrected chi connectivity index (χ1v) is 3.59. The van der Waals surface area contributed by atoms with Gasteiger partial charge >= 0.3 is 6.01 Å². The monoisotopic (exact) mass is 169 g/mol. The van der Waals surface area contributed by atoms with E-state index in [1.165, 1.54) is 6.26 Å². The summed E-state index contributed by atoms with van der Waals surface area (Å²) < 4.78 is 4.91. The number of amides is 1. The van der Waals surface area contributed by atoms with E-state index in [0.717, 1.165) is 5.69 Å². The molecule has 5 nitrogen and oxygen atoms in total. The van der Waals surface area contributed by atoms with Gasteiger partial charge in [-0.05, 0) is 14.0 Å². The van der Waals surface area contributed by atoms with E-state index in [1.807, 2.05) is 0 Å². The molecular weight excluding hydrogens is 158 g/mol. The molecule has 0 aliphatic rings. The largest absolute Gasteiger partial charge is 0.432 e. The Morgan fingerprint density at radius 1 is 1.75 bits per heavy atom. The van der Waals surface area contributed by atoms with Crippen molar-refractivity contribution in [3.63, 3.8) is 0 Å². The van der Waals surface area contributed by atoms with Gasteiger partial charge in [0.2, 0.25) is 5.91 Å². The molecule has 1 aromatic rings. The van der Waals surface area contributed by atoms with Crippen LogP contribution in [0.2, 0.25) is 0 Å². The second kappa shape index (κ2) is 3.87. The van der Waals surface area contributed by atoms with Crippen LogP contribution in [0.15, 0.2) is 10.7 Å². The van der Waals surface area contributed by atoms with Gasteiger partial charge in [0, 0.05) is 0 Å². The van der Waals surface area contributed by atoms with Crippen LogP contribution in [-0.4, -0.2) is 24.5 Å². The molecule has 1 aromatic heterocycles. The number of aryl methyl sites for hydroxylation is 1. The van der Waals surface area contributed by atoms with Crippen LogP contribution in [0.4, 0.5) is 6.01 Å². The Morgan fingerprint density at radius 3 is 3.00 bits per heavy atom. The van der Waals surface area contributed by atoms with Crippen molar-refractivity contribution >= 4 is 11.9 Å². The van der Waals surface area contributed by atoms with Gasteiger partial charge in [-0.3, -0.25) is 10.1 Å². The Morgan fingerprint density at radius 2 is 2.50 bits per heavy atom. The lowest BCUT2D eigenvalue weighted by Crippen LogP contribution is -2.25. The van der Waals surface area contributed by atoms with E-state index < -0.39 is 0 Å². The Balaban J connectivity index is 2.46. The molecule has 0 spiro atoms. The highest BCUT2D eigenvalue weighted by Gasteiger charge is 2.04. The number of hydrogen-bond acceptors (Lipinski definition) is 4. The Labute approximate surface area is 70.2 Å². The van der Waals surface area contributed by atoms with Crippen molar-refractivity contribution in [3.8, 4) is 0 Å². The molecule has 0 radical (unpaired) electrons. The Bertz CT molecular complexity index is 269. The number of likely N-dealkylation sites (N-methyl/N-ethyl adjacent to an activating group) is 1. The van der Waals surface area contributed by atoms with Gasteiger partial charge in [-0.1, -0.05) is 0 Å². The summed E-state index contributed by atoms with van der Waals surface area (Å²) in [5, 5.41) is 5.20. The highest BCUT2D eigenvalue weighted by Crippen LogP contribution is 2.04. The topological polar surface area (TPSA) is 67.2 Å². The molecule has 66 valence electrons. The minimum absolute atomic E-state index is 0.167. The van der Waals surface area contributed by atoms with Gasteiger partial charge in [0.15, 0.2) is 0 Å². The standard InChI is InChI=1S/C7H11N3O2/c1-5-4-12-7(9-5)10-6(11)3-8-2/h4,8H,3H2,1-2H3,(H,9,10,11). The maximum absolute atomic E-state index is 10.9. The minimum Gasteiger partial charge on any atom is -0.432 e. The van der Waals surface area contributed by atoms with Crippen LogP contribution >= 0.6 is 0 Å². The first kappa shape index (κ1) is 8.73. The third-order valence-corrected chi connectivity index (χ3v) is 1.20. The third-order valence-electron chi connectivity index (χ3n) is 1.20. The summed E-state index contributed by atoms with van der Waals surface area (Å²) in [6.45, 7) is 2.04. The molecule has 0 unspecified atom stereocenters. The Kier molecular flexibility index (Phi) is 2.82. The van der Waals surface area contributed by atoms with Crippen LogP contribution < -0.4 is 10.6 Å². The van der Waals surface area contributed by atoms with Gasteiger partial charge in [0.1, 0.15) is 6.26 Å². The fourth-order valence-electron chi connectivity index (χ4n) is 0.735. The Hall–Kier alpha value is -1.36. The SMILES string of the molecule is CNCC(=O)Nc1nc(C)co1. The van der Waals surface area contributed by atoms with Crippen molar-refractivity contribution in [3.05, 3.63) is 12.0 Å². The molecule has 5 heteroatoms. The number of aromatic nitrogens is 1. The molecule has 0 aromatic carbocycles. The van der Waals surface area contributed by atoms with Gasteiger partial charge in [0.25, 0.3) is 0 Å². The first-order chi connectivity index (χ1) is 5.72. The van der Waals surface area contributed by atoms with Crippen molar-refractivity contribution in [1.29, 1.82) is 0 Å². The van der Waals surface area contributed by atoms with Crippen LogP contribution in [0.1, 0.15) is 5.69 Å². The summed E-state index contributed by atoms with van der Waals surface area (Å²) in [5.41, 5.74) is 0.745. The lowest BCUT2D eigenvalue weighted by molar-refractivity contribution is -0.115. The molecule has 12 heavy (non-hydrogen) atoms. The van der Waals surface area contributed by atoms with Gasteiger partial charge in [-0.25, -0.2) is 0 Å². The fourth-order valence-corrected chi connectivity index (χ4v) is 0.735. The fraction of sp³-hybridized carbons (Fsp3) is 0.429. The van der Waals surface area contributed by atoms with Crippen LogP contribution in [0.5, 0.6) is 0 Å². The predicted molar refractivity (Wildman–Crippen MR) is 43.8 cm³/mol. The number of carbonyl (C=O) groups is 1. The average Bonchev–Trinajstić information content (AvgIpc) is 2.36. The molecular formula is C7H11N3O2. The van der Waals surface area contributed by atoms with Gasteiger partial charge in [-0.2, -0.15) is 4.98 Å². The third kappa shape index (κ3) is 2.35. The van der Waals surface area contributed by atoms with E-state index in [9.17, 15) is 4.79 Å². The van der Waals surface area contributed by atoms with Crippen molar-refractivity contribution in [2.75, 3.05) is 18.9 Å². The zero-order chi connectivity index (χ0) is 8.97. The summed E-state index contributed by atoms with van der Waals surface area (Å²) in [4.78, 5) is 14.9. The summed E-state index contributed by atoms with van der Waals surface area (Å²) in [5.74, 6) is -0.167. The first-order valence-electron chi connectivity index (χ1n) is 3.59. The summed E-state index contributed by atoms with van der Waals surface area (Å²) in [6, 6.07) is 0.243. The number of nitrogens with one attached hydrogen (secondary N) is 2. The van der Waals surface area contributed by atoms with E-state index in [4.69, 9.17) is 4.42 Å². The molecule has 1 amide bonds. The zero-order valence-corrected chi connectivity index (χ0v) is 7.05. The van der Waals surface area contributed by atoms with Crippen molar-refractivity contribution in [2.24, 2.45) is 0 Å².